The van der Waals surface area contributed by atoms with Gasteiger partial charge in [0.2, 0.25) is 0 Å². The number of ether oxygens (including phenoxy) is 1. The van der Waals surface area contributed by atoms with E-state index in [1.54, 1.807) is 13.0 Å². The molecule has 0 aliphatic carbocycles. The maximum atomic E-state index is 11.0. The van der Waals surface area contributed by atoms with Crippen LogP contribution < -0.4 is 0 Å². The van der Waals surface area contributed by atoms with Gasteiger partial charge in [-0.05, 0) is 25.5 Å². The van der Waals surface area contributed by atoms with Gasteiger partial charge in [0.25, 0.3) is 0 Å². The summed E-state index contributed by atoms with van der Waals surface area (Å²) >= 11 is 1.42. The minimum atomic E-state index is -0.181. The van der Waals surface area contributed by atoms with Crippen LogP contribution >= 0.6 is 11.3 Å². The first-order chi connectivity index (χ1) is 6.76. The second kappa shape index (κ2) is 5.40. The normalized spacial score (nSPS) is 9.43. The molecule has 0 aliphatic rings. The van der Waals surface area contributed by atoms with Crippen LogP contribution in [-0.4, -0.2) is 12.6 Å². The third kappa shape index (κ3) is 3.19. The summed E-state index contributed by atoms with van der Waals surface area (Å²) in [6.45, 7) is 2.21. The second-order valence-corrected chi connectivity index (χ2v) is 3.85. The van der Waals surface area contributed by atoms with E-state index in [9.17, 15) is 4.79 Å². The number of esters is 1. The van der Waals surface area contributed by atoms with Gasteiger partial charge >= 0.3 is 5.97 Å². The van der Waals surface area contributed by atoms with Crippen molar-refractivity contribution < 1.29 is 9.53 Å². The first-order valence-corrected chi connectivity index (χ1v) is 5.22. The van der Waals surface area contributed by atoms with Crippen LogP contribution in [0.5, 0.6) is 0 Å². The minimum absolute atomic E-state index is 0.181. The number of nitriles is 1. The average Bonchev–Trinajstić information content (AvgIpc) is 2.63. The van der Waals surface area contributed by atoms with Gasteiger partial charge in [0.05, 0.1) is 13.0 Å². The third-order valence-electron chi connectivity index (χ3n) is 1.65. The molecule has 1 heterocycles. The third-order valence-corrected chi connectivity index (χ3v) is 2.70. The molecule has 0 saturated heterocycles. The molecular weight excluding hydrogens is 198 g/mol. The number of nitrogens with zero attached hydrogens (tertiary/aromatic N) is 1. The lowest BCUT2D eigenvalue weighted by molar-refractivity contribution is -0.143. The van der Waals surface area contributed by atoms with Gasteiger partial charge in [-0.3, -0.25) is 4.79 Å². The zero-order chi connectivity index (χ0) is 10.4. The minimum Gasteiger partial charge on any atom is -0.466 e. The van der Waals surface area contributed by atoms with Crippen LogP contribution in [0.15, 0.2) is 12.1 Å². The predicted molar refractivity (Wildman–Crippen MR) is 54.0 cm³/mol. The van der Waals surface area contributed by atoms with Crippen molar-refractivity contribution in [3.8, 4) is 6.07 Å². The molecule has 0 aromatic carbocycles. The largest absolute Gasteiger partial charge is 0.466 e. The van der Waals surface area contributed by atoms with E-state index in [4.69, 9.17) is 10.00 Å². The van der Waals surface area contributed by atoms with Crippen molar-refractivity contribution in [1.29, 1.82) is 5.26 Å². The monoisotopic (exact) mass is 209 g/mol. The number of carbonyl (C=O) groups is 1. The smallest absolute Gasteiger partial charge is 0.306 e. The molecule has 0 N–H and O–H groups in total. The van der Waals surface area contributed by atoms with Gasteiger partial charge in [0, 0.05) is 4.88 Å². The molecule has 0 atom stereocenters. The molecule has 0 unspecified atom stereocenters. The zero-order valence-corrected chi connectivity index (χ0v) is 8.76. The molecule has 1 aromatic heterocycles. The fourth-order valence-corrected chi connectivity index (χ4v) is 1.84. The van der Waals surface area contributed by atoms with Gasteiger partial charge < -0.3 is 4.74 Å². The highest BCUT2D eigenvalue weighted by Gasteiger charge is 2.04. The van der Waals surface area contributed by atoms with E-state index in [0.29, 0.717) is 24.3 Å². The highest BCUT2D eigenvalue weighted by Crippen LogP contribution is 2.16. The van der Waals surface area contributed by atoms with Crippen molar-refractivity contribution in [2.75, 3.05) is 6.61 Å². The standard InChI is InChI=1S/C10H11NO2S/c1-2-13-10(12)6-5-8-3-4-9(7-11)14-8/h3-4H,2,5-6H2,1H3. The Hall–Kier alpha value is -1.34. The molecule has 1 rings (SSSR count). The molecule has 0 saturated carbocycles. The second-order valence-electron chi connectivity index (χ2n) is 2.68. The SMILES string of the molecule is CCOC(=O)CCc1ccc(C#N)s1. The number of rotatable bonds is 4. The molecular formula is C10H11NO2S. The van der Waals surface area contributed by atoms with E-state index in [0.717, 1.165) is 4.88 Å². The quantitative estimate of drug-likeness (QED) is 0.714. The Morgan fingerprint density at radius 3 is 3.00 bits per heavy atom. The summed E-state index contributed by atoms with van der Waals surface area (Å²) in [7, 11) is 0. The maximum absolute atomic E-state index is 11.0. The summed E-state index contributed by atoms with van der Waals surface area (Å²) in [5.74, 6) is -0.181. The van der Waals surface area contributed by atoms with Crippen molar-refractivity contribution in [1.82, 2.24) is 0 Å². The number of hydrogen-bond acceptors (Lipinski definition) is 4. The van der Waals surface area contributed by atoms with E-state index in [1.807, 2.05) is 6.07 Å². The fourth-order valence-electron chi connectivity index (χ4n) is 1.03. The number of aryl methyl sites for hydroxylation is 1. The summed E-state index contributed by atoms with van der Waals surface area (Å²) in [6.07, 6.45) is 1.05. The van der Waals surface area contributed by atoms with Gasteiger partial charge in [-0.1, -0.05) is 0 Å². The molecule has 0 spiro atoms. The van der Waals surface area contributed by atoms with Gasteiger partial charge in [-0.2, -0.15) is 5.26 Å². The van der Waals surface area contributed by atoms with E-state index >= 15 is 0 Å². The Bertz CT molecular complexity index is 351. The fraction of sp³-hybridized carbons (Fsp3) is 0.400. The molecule has 0 radical (unpaired) electrons. The van der Waals surface area contributed by atoms with E-state index in [2.05, 4.69) is 6.07 Å². The van der Waals surface area contributed by atoms with Crippen LogP contribution in [-0.2, 0) is 16.0 Å². The van der Waals surface area contributed by atoms with Gasteiger partial charge in [-0.15, -0.1) is 11.3 Å². The number of thiophene rings is 1. The van der Waals surface area contributed by atoms with Crippen molar-refractivity contribution >= 4 is 17.3 Å². The van der Waals surface area contributed by atoms with E-state index < -0.39 is 0 Å². The van der Waals surface area contributed by atoms with Crippen LogP contribution in [0, 0.1) is 11.3 Å². The Morgan fingerprint density at radius 1 is 1.64 bits per heavy atom. The van der Waals surface area contributed by atoms with Crippen LogP contribution in [0.1, 0.15) is 23.1 Å². The highest BCUT2D eigenvalue weighted by molar-refractivity contribution is 7.12. The van der Waals surface area contributed by atoms with Gasteiger partial charge in [-0.25, -0.2) is 0 Å². The Kier molecular flexibility index (Phi) is 4.14. The lowest BCUT2D eigenvalue weighted by Crippen LogP contribution is -2.04. The summed E-state index contributed by atoms with van der Waals surface area (Å²) in [6, 6.07) is 5.71. The molecule has 14 heavy (non-hydrogen) atoms. The Labute approximate surface area is 86.9 Å². The van der Waals surface area contributed by atoms with Gasteiger partial charge in [0.1, 0.15) is 10.9 Å². The van der Waals surface area contributed by atoms with Crippen molar-refractivity contribution in [2.24, 2.45) is 0 Å². The molecule has 0 fully saturated rings. The molecule has 3 nitrogen and oxygen atoms in total. The van der Waals surface area contributed by atoms with Crippen LogP contribution in [0.2, 0.25) is 0 Å². The average molecular weight is 209 g/mol. The van der Waals surface area contributed by atoms with Crippen molar-refractivity contribution in [2.45, 2.75) is 19.8 Å². The van der Waals surface area contributed by atoms with Crippen molar-refractivity contribution in [3.63, 3.8) is 0 Å². The number of hydrogen-bond donors (Lipinski definition) is 0. The summed E-state index contributed by atoms with van der Waals surface area (Å²) in [5.41, 5.74) is 0. The van der Waals surface area contributed by atoms with E-state index in [1.165, 1.54) is 11.3 Å². The molecule has 1 aromatic rings. The van der Waals surface area contributed by atoms with Crippen LogP contribution in [0.4, 0.5) is 0 Å². The maximum Gasteiger partial charge on any atom is 0.306 e. The van der Waals surface area contributed by atoms with E-state index in [-0.39, 0.29) is 5.97 Å². The first kappa shape index (κ1) is 10.7. The predicted octanol–water partition coefficient (Wildman–Crippen LogP) is 2.12. The zero-order valence-electron chi connectivity index (χ0n) is 7.95. The lowest BCUT2D eigenvalue weighted by Gasteiger charge is -1.99. The Morgan fingerprint density at radius 2 is 2.43 bits per heavy atom. The van der Waals surface area contributed by atoms with Gasteiger partial charge in [0.15, 0.2) is 0 Å². The number of carbonyl (C=O) groups excluding carboxylic acids is 1. The van der Waals surface area contributed by atoms with Crippen molar-refractivity contribution in [3.05, 3.63) is 21.9 Å². The van der Waals surface area contributed by atoms with Crippen LogP contribution in [0.3, 0.4) is 0 Å². The summed E-state index contributed by atoms with van der Waals surface area (Å²) < 4.78 is 4.80. The molecule has 4 heteroatoms. The summed E-state index contributed by atoms with van der Waals surface area (Å²) in [4.78, 5) is 12.7. The first-order valence-electron chi connectivity index (χ1n) is 4.40. The summed E-state index contributed by atoms with van der Waals surface area (Å²) in [5, 5.41) is 8.58. The topological polar surface area (TPSA) is 50.1 Å². The lowest BCUT2D eigenvalue weighted by atomic mass is 10.2. The molecule has 0 aliphatic heterocycles. The highest BCUT2D eigenvalue weighted by atomic mass is 32.1. The molecule has 0 amide bonds. The van der Waals surface area contributed by atoms with Crippen LogP contribution in [0.25, 0.3) is 0 Å². The molecule has 0 bridgehead atoms. The molecule has 74 valence electrons. The Balaban J connectivity index is 2.38.